The van der Waals surface area contributed by atoms with Gasteiger partial charge in [-0.1, -0.05) is 36.0 Å². The van der Waals surface area contributed by atoms with Gasteiger partial charge in [-0.25, -0.2) is 4.98 Å². The minimum atomic E-state index is -0.263. The molecule has 1 aromatic heterocycles. The molecule has 0 aliphatic carbocycles. The van der Waals surface area contributed by atoms with Gasteiger partial charge in [0.1, 0.15) is 5.75 Å². The Morgan fingerprint density at radius 1 is 1.00 bits per heavy atom. The van der Waals surface area contributed by atoms with Crippen LogP contribution in [0.3, 0.4) is 0 Å². The van der Waals surface area contributed by atoms with Gasteiger partial charge in [0.2, 0.25) is 5.91 Å². The molecule has 0 saturated heterocycles. The van der Waals surface area contributed by atoms with Gasteiger partial charge in [0.05, 0.1) is 18.6 Å². The Kier molecular flexibility index (Phi) is 7.29. The number of imidazole rings is 1. The molecular formula is C26H24N4O3S. The van der Waals surface area contributed by atoms with Crippen LogP contribution in [-0.4, -0.2) is 34.2 Å². The smallest absolute Gasteiger partial charge is 0.255 e. The van der Waals surface area contributed by atoms with Gasteiger partial charge in [-0.3, -0.25) is 14.2 Å². The molecule has 0 saturated carbocycles. The molecule has 0 fully saturated rings. The van der Waals surface area contributed by atoms with Gasteiger partial charge in [-0.2, -0.15) is 0 Å². The molecule has 34 heavy (non-hydrogen) atoms. The van der Waals surface area contributed by atoms with Crippen molar-refractivity contribution in [3.63, 3.8) is 0 Å². The van der Waals surface area contributed by atoms with Gasteiger partial charge >= 0.3 is 0 Å². The second-order valence-corrected chi connectivity index (χ2v) is 8.43. The maximum absolute atomic E-state index is 12.6. The van der Waals surface area contributed by atoms with Crippen LogP contribution < -0.4 is 15.4 Å². The van der Waals surface area contributed by atoms with Gasteiger partial charge in [-0.15, -0.1) is 0 Å². The van der Waals surface area contributed by atoms with Crippen LogP contribution in [0.1, 0.15) is 15.9 Å². The number of benzene rings is 3. The SMILES string of the molecule is COc1ccccc1NC(=O)c1ccc(NC(=O)CSc2nccn2-c2cccc(C)c2)cc1. The highest BCUT2D eigenvalue weighted by Gasteiger charge is 2.12. The maximum Gasteiger partial charge on any atom is 0.255 e. The number of anilines is 2. The highest BCUT2D eigenvalue weighted by Crippen LogP contribution is 2.24. The maximum atomic E-state index is 12.6. The third kappa shape index (κ3) is 5.65. The summed E-state index contributed by atoms with van der Waals surface area (Å²) in [6.07, 6.45) is 3.60. The minimum Gasteiger partial charge on any atom is -0.495 e. The molecule has 0 atom stereocenters. The molecule has 0 aliphatic heterocycles. The van der Waals surface area contributed by atoms with Crippen molar-refractivity contribution in [2.24, 2.45) is 0 Å². The van der Waals surface area contributed by atoms with Crippen LogP contribution in [0.2, 0.25) is 0 Å². The van der Waals surface area contributed by atoms with E-state index in [1.54, 1.807) is 49.7 Å². The van der Waals surface area contributed by atoms with Crippen LogP contribution in [0.4, 0.5) is 11.4 Å². The van der Waals surface area contributed by atoms with Crippen molar-refractivity contribution >= 4 is 35.0 Å². The second-order valence-electron chi connectivity index (χ2n) is 7.49. The summed E-state index contributed by atoms with van der Waals surface area (Å²) in [7, 11) is 1.55. The normalized spacial score (nSPS) is 10.5. The molecule has 4 rings (SSSR count). The summed E-state index contributed by atoms with van der Waals surface area (Å²) in [6.45, 7) is 2.04. The van der Waals surface area contributed by atoms with Crippen LogP contribution in [0.15, 0.2) is 90.3 Å². The first kappa shape index (κ1) is 23.1. The number of ether oxygens (including phenoxy) is 1. The number of hydrogen-bond donors (Lipinski definition) is 2. The van der Waals surface area contributed by atoms with Gasteiger partial charge < -0.3 is 15.4 Å². The number of rotatable bonds is 8. The van der Waals surface area contributed by atoms with Crippen LogP contribution in [0.25, 0.3) is 5.69 Å². The molecule has 0 radical (unpaired) electrons. The number of methoxy groups -OCH3 is 1. The molecule has 2 amide bonds. The summed E-state index contributed by atoms with van der Waals surface area (Å²) in [5, 5.41) is 6.43. The molecule has 3 aromatic carbocycles. The van der Waals surface area contributed by atoms with Gasteiger partial charge in [0.15, 0.2) is 5.16 Å². The lowest BCUT2D eigenvalue weighted by Gasteiger charge is -2.11. The first-order chi connectivity index (χ1) is 16.5. The van der Waals surface area contributed by atoms with E-state index < -0.39 is 0 Å². The molecule has 4 aromatic rings. The van der Waals surface area contributed by atoms with E-state index in [4.69, 9.17) is 4.74 Å². The van der Waals surface area contributed by atoms with Crippen molar-refractivity contribution in [2.45, 2.75) is 12.1 Å². The number of thioether (sulfide) groups is 1. The van der Waals surface area contributed by atoms with E-state index in [1.807, 2.05) is 48.0 Å². The number of aromatic nitrogens is 2. The molecule has 8 heteroatoms. The average Bonchev–Trinajstić information content (AvgIpc) is 3.32. The van der Waals surface area contributed by atoms with E-state index in [0.29, 0.717) is 22.7 Å². The zero-order chi connectivity index (χ0) is 23.9. The number of aryl methyl sites for hydroxylation is 1. The van der Waals surface area contributed by atoms with Gasteiger partial charge in [-0.05, 0) is 61.0 Å². The summed E-state index contributed by atoms with van der Waals surface area (Å²) < 4.78 is 7.22. The van der Waals surface area contributed by atoms with E-state index >= 15 is 0 Å². The van der Waals surface area contributed by atoms with Crippen LogP contribution in [0.5, 0.6) is 5.75 Å². The first-order valence-corrected chi connectivity index (χ1v) is 11.6. The standard InChI is InChI=1S/C26H24N4O3S/c1-18-6-5-7-21(16-18)30-15-14-27-26(30)34-17-24(31)28-20-12-10-19(11-13-20)25(32)29-22-8-3-4-9-23(22)33-2/h3-16H,17H2,1-2H3,(H,28,31)(H,29,32). The van der Waals surface area contributed by atoms with E-state index in [1.165, 1.54) is 11.8 Å². The zero-order valence-electron chi connectivity index (χ0n) is 18.8. The summed E-state index contributed by atoms with van der Waals surface area (Å²) in [4.78, 5) is 29.4. The molecule has 0 aliphatic rings. The monoisotopic (exact) mass is 472 g/mol. The zero-order valence-corrected chi connectivity index (χ0v) is 19.6. The van der Waals surface area contributed by atoms with E-state index in [0.717, 1.165) is 16.4 Å². The Morgan fingerprint density at radius 3 is 2.56 bits per heavy atom. The summed E-state index contributed by atoms with van der Waals surface area (Å²) in [6, 6.07) is 22.0. The Hall–Kier alpha value is -4.04. The summed E-state index contributed by atoms with van der Waals surface area (Å²) in [5.74, 6) is 0.370. The largest absolute Gasteiger partial charge is 0.495 e. The van der Waals surface area contributed by atoms with E-state index in [-0.39, 0.29) is 17.6 Å². The van der Waals surface area contributed by atoms with Gasteiger partial charge in [0.25, 0.3) is 5.91 Å². The van der Waals surface area contributed by atoms with E-state index in [2.05, 4.69) is 21.7 Å². The molecule has 172 valence electrons. The Bertz CT molecular complexity index is 1300. The Labute approximate surface area is 202 Å². The Balaban J connectivity index is 1.33. The fourth-order valence-electron chi connectivity index (χ4n) is 3.35. The number of hydrogen-bond acceptors (Lipinski definition) is 5. The Morgan fingerprint density at radius 2 is 1.79 bits per heavy atom. The lowest BCUT2D eigenvalue weighted by molar-refractivity contribution is -0.113. The van der Waals surface area contributed by atoms with Crippen molar-refractivity contribution in [3.05, 3.63) is 96.3 Å². The van der Waals surface area contributed by atoms with Crippen molar-refractivity contribution < 1.29 is 14.3 Å². The van der Waals surface area contributed by atoms with Crippen LogP contribution >= 0.6 is 11.8 Å². The number of carbonyl (C=O) groups is 2. The lowest BCUT2D eigenvalue weighted by Crippen LogP contribution is -2.15. The predicted octanol–water partition coefficient (Wildman–Crippen LogP) is 5.17. The topological polar surface area (TPSA) is 85.2 Å². The highest BCUT2D eigenvalue weighted by molar-refractivity contribution is 7.99. The molecule has 0 unspecified atom stereocenters. The van der Waals surface area contributed by atoms with Crippen molar-refractivity contribution in [1.29, 1.82) is 0 Å². The molecule has 0 bridgehead atoms. The fraction of sp³-hybridized carbons (Fsp3) is 0.115. The summed E-state index contributed by atoms with van der Waals surface area (Å²) >= 11 is 1.36. The molecule has 1 heterocycles. The quantitative estimate of drug-likeness (QED) is 0.346. The predicted molar refractivity (Wildman–Crippen MR) is 135 cm³/mol. The number of carbonyl (C=O) groups excluding carboxylic acids is 2. The van der Waals surface area contributed by atoms with Crippen LogP contribution in [-0.2, 0) is 4.79 Å². The minimum absolute atomic E-state index is 0.157. The fourth-order valence-corrected chi connectivity index (χ4v) is 4.12. The van der Waals surface area contributed by atoms with E-state index in [9.17, 15) is 9.59 Å². The second kappa shape index (κ2) is 10.7. The van der Waals surface area contributed by atoms with Crippen molar-refractivity contribution in [1.82, 2.24) is 9.55 Å². The molecule has 7 nitrogen and oxygen atoms in total. The third-order valence-electron chi connectivity index (χ3n) is 5.01. The molecule has 0 spiro atoms. The molecule has 2 N–H and O–H groups in total. The van der Waals surface area contributed by atoms with Crippen molar-refractivity contribution in [2.75, 3.05) is 23.5 Å². The lowest BCUT2D eigenvalue weighted by atomic mass is 10.2. The number of nitrogens with one attached hydrogen (secondary N) is 2. The average molecular weight is 473 g/mol. The third-order valence-corrected chi connectivity index (χ3v) is 5.97. The summed E-state index contributed by atoms with van der Waals surface area (Å²) in [5.41, 5.74) is 3.83. The van der Waals surface area contributed by atoms with Crippen LogP contribution in [0, 0.1) is 6.92 Å². The first-order valence-electron chi connectivity index (χ1n) is 10.6. The number of nitrogens with zero attached hydrogens (tertiary/aromatic N) is 2. The van der Waals surface area contributed by atoms with Gasteiger partial charge in [0, 0.05) is 29.3 Å². The number of amides is 2. The van der Waals surface area contributed by atoms with Crippen molar-refractivity contribution in [3.8, 4) is 11.4 Å². The number of para-hydroxylation sites is 2. The molecular weight excluding hydrogens is 448 g/mol. The highest BCUT2D eigenvalue weighted by atomic mass is 32.2.